The zero-order valence-electron chi connectivity index (χ0n) is 21.9. The number of carbonyl (C=O) groups excluding carboxylic acids is 3. The lowest BCUT2D eigenvalue weighted by molar-refractivity contribution is -0.142. The molecule has 3 aromatic rings. The number of rotatable bonds is 8. The van der Waals surface area contributed by atoms with Crippen LogP contribution in [-0.4, -0.2) is 56.4 Å². The first-order valence-corrected chi connectivity index (χ1v) is 14.6. The molecule has 0 saturated carbocycles. The second-order valence-corrected chi connectivity index (χ2v) is 12.4. The Labute approximate surface area is 232 Å². The van der Waals surface area contributed by atoms with Gasteiger partial charge in [0.05, 0.1) is 29.2 Å². The lowest BCUT2D eigenvalue weighted by Gasteiger charge is -2.36. The van der Waals surface area contributed by atoms with Crippen LogP contribution in [0.1, 0.15) is 31.7 Å². The summed E-state index contributed by atoms with van der Waals surface area (Å²) in [4.78, 5) is 43.3. The Kier molecular flexibility index (Phi) is 6.85. The smallest absolute Gasteiger partial charge is 0.248 e. The van der Waals surface area contributed by atoms with Gasteiger partial charge >= 0.3 is 0 Å². The van der Waals surface area contributed by atoms with E-state index in [1.165, 1.54) is 0 Å². The number of nitrogens with zero attached hydrogens (tertiary/aromatic N) is 1. The minimum absolute atomic E-state index is 0.0120. The Balaban J connectivity index is 1.31. The molecule has 1 spiro atoms. The molecule has 202 valence electrons. The zero-order valence-corrected chi connectivity index (χ0v) is 22.7. The lowest BCUT2D eigenvalue weighted by atomic mass is 9.70. The molecule has 3 N–H and O–H groups in total. The fourth-order valence-corrected chi connectivity index (χ4v) is 9.08. The minimum atomic E-state index is -0.763. The van der Waals surface area contributed by atoms with Gasteiger partial charge in [-0.2, -0.15) is 0 Å². The van der Waals surface area contributed by atoms with Gasteiger partial charge in [0.1, 0.15) is 6.04 Å². The van der Waals surface area contributed by atoms with Gasteiger partial charge in [-0.3, -0.25) is 14.4 Å². The van der Waals surface area contributed by atoms with Crippen LogP contribution in [0.2, 0.25) is 0 Å². The molecule has 7 nitrogen and oxygen atoms in total. The average molecular weight is 544 g/mol. The molecule has 3 aliphatic rings. The highest BCUT2D eigenvalue weighted by Gasteiger charge is 2.74. The van der Waals surface area contributed by atoms with E-state index in [1.54, 1.807) is 16.7 Å². The summed E-state index contributed by atoms with van der Waals surface area (Å²) >= 11 is 1.64. The van der Waals surface area contributed by atoms with Crippen LogP contribution in [-0.2, 0) is 20.9 Å². The Morgan fingerprint density at radius 2 is 1.79 bits per heavy atom. The fraction of sp³-hybridized carbons (Fsp3) is 0.387. The van der Waals surface area contributed by atoms with E-state index in [-0.39, 0.29) is 29.6 Å². The molecule has 0 radical (unpaired) electrons. The molecule has 3 heterocycles. The highest BCUT2D eigenvalue weighted by Crippen LogP contribution is 2.66. The number of thioether (sulfide) groups is 1. The van der Waals surface area contributed by atoms with E-state index < -0.39 is 28.7 Å². The Morgan fingerprint density at radius 3 is 2.54 bits per heavy atom. The fourth-order valence-electron chi connectivity index (χ4n) is 6.88. The van der Waals surface area contributed by atoms with E-state index in [1.807, 2.05) is 79.7 Å². The van der Waals surface area contributed by atoms with Gasteiger partial charge in [0.2, 0.25) is 17.7 Å². The van der Waals surface area contributed by atoms with Crippen LogP contribution >= 0.6 is 11.8 Å². The number of benzene rings is 3. The van der Waals surface area contributed by atoms with Crippen molar-refractivity contribution in [2.45, 2.75) is 54.8 Å². The molecule has 3 aromatic carbocycles. The quantitative estimate of drug-likeness (QED) is 0.400. The van der Waals surface area contributed by atoms with Gasteiger partial charge < -0.3 is 20.6 Å². The summed E-state index contributed by atoms with van der Waals surface area (Å²) in [7, 11) is 0. The molecule has 8 heteroatoms. The number of carbonyl (C=O) groups is 3. The van der Waals surface area contributed by atoms with Crippen LogP contribution < -0.4 is 10.6 Å². The van der Waals surface area contributed by atoms with Crippen LogP contribution in [0.15, 0.2) is 72.8 Å². The molecule has 3 fully saturated rings. The van der Waals surface area contributed by atoms with Crippen molar-refractivity contribution in [3.05, 3.63) is 78.4 Å². The van der Waals surface area contributed by atoms with Crippen molar-refractivity contribution >= 4 is 45.9 Å². The average Bonchev–Trinajstić information content (AvgIpc) is 3.60. The van der Waals surface area contributed by atoms with Crippen molar-refractivity contribution < 1.29 is 19.5 Å². The minimum Gasteiger partial charge on any atom is -0.394 e. The monoisotopic (exact) mass is 543 g/mol. The third-order valence-corrected chi connectivity index (χ3v) is 10.6. The van der Waals surface area contributed by atoms with Crippen molar-refractivity contribution in [1.29, 1.82) is 0 Å². The maximum atomic E-state index is 14.1. The topological polar surface area (TPSA) is 98.7 Å². The van der Waals surface area contributed by atoms with Crippen LogP contribution in [0.25, 0.3) is 10.8 Å². The molecular formula is C31H33N3O4S. The number of fused-ring (bicyclic) bond motifs is 2. The molecule has 2 bridgehead atoms. The molecule has 3 amide bonds. The first-order valence-electron chi connectivity index (χ1n) is 13.7. The summed E-state index contributed by atoms with van der Waals surface area (Å²) in [6.45, 7) is 2.07. The summed E-state index contributed by atoms with van der Waals surface area (Å²) in [6.07, 6.45) is 1.99. The van der Waals surface area contributed by atoms with E-state index >= 15 is 0 Å². The van der Waals surface area contributed by atoms with Crippen molar-refractivity contribution in [2.24, 2.45) is 11.8 Å². The highest BCUT2D eigenvalue weighted by molar-refractivity contribution is 8.02. The molecule has 3 saturated heterocycles. The number of anilines is 1. The van der Waals surface area contributed by atoms with E-state index in [4.69, 9.17) is 0 Å². The van der Waals surface area contributed by atoms with Crippen molar-refractivity contribution in [3.8, 4) is 0 Å². The number of nitrogens with one attached hydrogen (secondary N) is 2. The summed E-state index contributed by atoms with van der Waals surface area (Å²) < 4.78 is -0.694. The summed E-state index contributed by atoms with van der Waals surface area (Å²) in [5.41, 5.74) is 1.66. The second-order valence-electron chi connectivity index (χ2n) is 10.8. The van der Waals surface area contributed by atoms with Crippen molar-refractivity contribution in [3.63, 3.8) is 0 Å². The van der Waals surface area contributed by atoms with Crippen LogP contribution in [0.5, 0.6) is 0 Å². The molecular weight excluding hydrogens is 510 g/mol. The van der Waals surface area contributed by atoms with Crippen LogP contribution in [0.3, 0.4) is 0 Å². The zero-order chi connectivity index (χ0) is 27.1. The van der Waals surface area contributed by atoms with Crippen molar-refractivity contribution in [1.82, 2.24) is 10.2 Å². The predicted molar refractivity (Wildman–Crippen MR) is 153 cm³/mol. The number of amides is 3. The predicted octanol–water partition coefficient (Wildman–Crippen LogP) is 3.96. The van der Waals surface area contributed by atoms with E-state index in [0.29, 0.717) is 25.1 Å². The maximum absolute atomic E-state index is 14.1. The van der Waals surface area contributed by atoms with Crippen LogP contribution in [0, 0.1) is 11.8 Å². The maximum Gasteiger partial charge on any atom is 0.248 e. The molecule has 0 aliphatic carbocycles. The van der Waals surface area contributed by atoms with E-state index in [2.05, 4.69) is 10.6 Å². The number of hydrogen-bond donors (Lipinski definition) is 3. The molecule has 0 aromatic heterocycles. The van der Waals surface area contributed by atoms with Gasteiger partial charge in [-0.1, -0.05) is 67.6 Å². The highest BCUT2D eigenvalue weighted by atomic mass is 32.2. The number of aliphatic hydroxyl groups is 1. The summed E-state index contributed by atoms with van der Waals surface area (Å²) in [5.74, 6) is -1.68. The third-order valence-electron chi connectivity index (χ3n) is 8.69. The summed E-state index contributed by atoms with van der Waals surface area (Å²) in [5, 5.41) is 18.4. The number of aliphatic hydroxyl groups excluding tert-OH is 1. The Morgan fingerprint density at radius 1 is 1.05 bits per heavy atom. The van der Waals surface area contributed by atoms with Gasteiger partial charge in [0.25, 0.3) is 0 Å². The Bertz CT molecular complexity index is 1410. The molecule has 6 rings (SSSR count). The molecule has 39 heavy (non-hydrogen) atoms. The first kappa shape index (κ1) is 25.9. The van der Waals surface area contributed by atoms with Gasteiger partial charge in [-0.25, -0.2) is 0 Å². The first-order chi connectivity index (χ1) is 19.0. The SMILES string of the molecule is CC[C@@H](CO)N1C(=O)[C@@H]2[C@@H](C(=O)NCc3ccccc3)[C@H]3CCC2(S3)C1C(=O)Nc1ccc2ccccc2c1. The van der Waals surface area contributed by atoms with Gasteiger partial charge in [0.15, 0.2) is 0 Å². The summed E-state index contributed by atoms with van der Waals surface area (Å²) in [6, 6.07) is 22.2. The van der Waals surface area contributed by atoms with E-state index in [0.717, 1.165) is 22.8 Å². The third kappa shape index (κ3) is 4.30. The largest absolute Gasteiger partial charge is 0.394 e. The van der Waals surface area contributed by atoms with Gasteiger partial charge in [-0.15, -0.1) is 11.8 Å². The van der Waals surface area contributed by atoms with Crippen LogP contribution in [0.4, 0.5) is 5.69 Å². The Hall–Kier alpha value is -3.36. The molecule has 2 unspecified atom stereocenters. The molecule has 3 aliphatic heterocycles. The normalized spacial score (nSPS) is 27.9. The number of hydrogen-bond acceptors (Lipinski definition) is 5. The van der Waals surface area contributed by atoms with Gasteiger partial charge in [-0.05, 0) is 47.7 Å². The standard InChI is InChI=1S/C31H33N3O4S/c1-2-23(18-35)34-27(29(37)33-22-13-12-20-10-6-7-11-21(20)16-22)31-15-14-24(39-31)25(26(31)30(34)38)28(36)32-17-19-8-4-3-5-9-19/h3-13,16,23-27,35H,2,14-15,17-18H2,1H3,(H,32,36)(H,33,37)/t23-,24+,25-,26-,27?,31?/m0/s1. The lowest BCUT2D eigenvalue weighted by Crippen LogP contribution is -2.54. The molecule has 6 atom stereocenters. The number of likely N-dealkylation sites (tertiary alicyclic amines) is 1. The van der Waals surface area contributed by atoms with Crippen molar-refractivity contribution in [2.75, 3.05) is 11.9 Å². The second kappa shape index (κ2) is 10.3. The van der Waals surface area contributed by atoms with Gasteiger partial charge in [0, 0.05) is 17.5 Å². The van der Waals surface area contributed by atoms with E-state index in [9.17, 15) is 19.5 Å².